The van der Waals surface area contributed by atoms with Crippen molar-refractivity contribution in [2.75, 3.05) is 5.32 Å². The Hall–Kier alpha value is -2.07. The second-order valence-electron chi connectivity index (χ2n) is 6.54. The van der Waals surface area contributed by atoms with Crippen LogP contribution in [0, 0.1) is 12.8 Å². The molecule has 0 fully saturated rings. The zero-order valence-electron chi connectivity index (χ0n) is 13.3. The van der Waals surface area contributed by atoms with Crippen LogP contribution in [0.1, 0.15) is 45.4 Å². The first-order valence-corrected chi connectivity index (χ1v) is 8.91. The Bertz CT molecular complexity index is 859. The van der Waals surface area contributed by atoms with Gasteiger partial charge in [0.05, 0.1) is 11.6 Å². The smallest absolute Gasteiger partial charge is 0.336 e. The molecule has 0 amide bonds. The van der Waals surface area contributed by atoms with E-state index in [9.17, 15) is 9.90 Å². The summed E-state index contributed by atoms with van der Waals surface area (Å²) < 4.78 is 1.06. The number of anilines is 1. The molecule has 1 aliphatic heterocycles. The van der Waals surface area contributed by atoms with Crippen LogP contribution < -0.4 is 5.32 Å². The number of rotatable bonds is 2. The normalized spacial score (nSPS) is 24.2. The molecule has 1 heterocycles. The van der Waals surface area contributed by atoms with Crippen molar-refractivity contribution in [3.8, 4) is 0 Å². The SMILES string of the molecule is Cc1c(C(=O)O)ccc2c1NC(c1cccc(Br)c1)C1CC=CC21. The first-order valence-electron chi connectivity index (χ1n) is 8.11. The Balaban J connectivity index is 1.85. The molecule has 3 nitrogen and oxygen atoms in total. The van der Waals surface area contributed by atoms with Gasteiger partial charge in [0, 0.05) is 16.1 Å². The van der Waals surface area contributed by atoms with Gasteiger partial charge in [-0.3, -0.25) is 0 Å². The van der Waals surface area contributed by atoms with Crippen molar-refractivity contribution in [1.82, 2.24) is 0 Å². The summed E-state index contributed by atoms with van der Waals surface area (Å²) in [5.74, 6) is -0.0751. The van der Waals surface area contributed by atoms with Crippen molar-refractivity contribution >= 4 is 27.6 Å². The van der Waals surface area contributed by atoms with E-state index >= 15 is 0 Å². The zero-order valence-corrected chi connectivity index (χ0v) is 14.9. The van der Waals surface area contributed by atoms with Crippen molar-refractivity contribution in [3.05, 3.63) is 75.3 Å². The number of nitrogens with one attached hydrogen (secondary N) is 1. The lowest BCUT2D eigenvalue weighted by atomic mass is 9.76. The van der Waals surface area contributed by atoms with Crippen molar-refractivity contribution in [1.29, 1.82) is 0 Å². The summed E-state index contributed by atoms with van der Waals surface area (Å²) in [6.07, 6.45) is 5.56. The van der Waals surface area contributed by atoms with Crippen molar-refractivity contribution < 1.29 is 9.90 Å². The van der Waals surface area contributed by atoms with Gasteiger partial charge in [-0.25, -0.2) is 4.79 Å². The molecule has 0 radical (unpaired) electrons. The summed E-state index contributed by atoms with van der Waals surface area (Å²) in [4.78, 5) is 11.5. The number of hydrogen-bond acceptors (Lipinski definition) is 2. The molecule has 0 bridgehead atoms. The maximum atomic E-state index is 11.5. The Morgan fingerprint density at radius 2 is 2.12 bits per heavy atom. The van der Waals surface area contributed by atoms with Gasteiger partial charge in [-0.2, -0.15) is 0 Å². The van der Waals surface area contributed by atoms with Crippen LogP contribution in [-0.4, -0.2) is 11.1 Å². The number of benzene rings is 2. The van der Waals surface area contributed by atoms with Crippen LogP contribution in [0.5, 0.6) is 0 Å². The van der Waals surface area contributed by atoms with Crippen LogP contribution >= 0.6 is 15.9 Å². The maximum Gasteiger partial charge on any atom is 0.336 e. The van der Waals surface area contributed by atoms with E-state index in [0.29, 0.717) is 17.4 Å². The predicted octanol–water partition coefficient (Wildman–Crippen LogP) is 5.28. The van der Waals surface area contributed by atoms with Gasteiger partial charge < -0.3 is 10.4 Å². The summed E-state index contributed by atoms with van der Waals surface area (Å²) in [5, 5.41) is 13.1. The fourth-order valence-electron chi connectivity index (χ4n) is 4.08. The van der Waals surface area contributed by atoms with Gasteiger partial charge in [0.1, 0.15) is 0 Å². The van der Waals surface area contributed by atoms with E-state index in [1.54, 1.807) is 6.07 Å². The summed E-state index contributed by atoms with van der Waals surface area (Å²) in [6.45, 7) is 1.90. The van der Waals surface area contributed by atoms with E-state index in [0.717, 1.165) is 22.1 Å². The van der Waals surface area contributed by atoms with E-state index in [1.165, 1.54) is 11.1 Å². The minimum Gasteiger partial charge on any atom is -0.478 e. The van der Waals surface area contributed by atoms with E-state index in [-0.39, 0.29) is 6.04 Å². The molecule has 0 saturated heterocycles. The predicted molar refractivity (Wildman–Crippen MR) is 98.6 cm³/mol. The number of halogens is 1. The highest BCUT2D eigenvalue weighted by atomic mass is 79.9. The molecular formula is C20H18BrNO2. The maximum absolute atomic E-state index is 11.5. The molecule has 3 atom stereocenters. The Morgan fingerprint density at radius 1 is 1.29 bits per heavy atom. The molecule has 24 heavy (non-hydrogen) atoms. The second-order valence-corrected chi connectivity index (χ2v) is 7.45. The van der Waals surface area contributed by atoms with E-state index < -0.39 is 5.97 Å². The van der Waals surface area contributed by atoms with Crippen LogP contribution in [0.25, 0.3) is 0 Å². The third-order valence-electron chi connectivity index (χ3n) is 5.24. The quantitative estimate of drug-likeness (QED) is 0.693. The van der Waals surface area contributed by atoms with Gasteiger partial charge >= 0.3 is 5.97 Å². The first kappa shape index (κ1) is 15.5. The van der Waals surface area contributed by atoms with Crippen LogP contribution in [0.3, 0.4) is 0 Å². The molecule has 4 heteroatoms. The molecule has 0 spiro atoms. The van der Waals surface area contributed by atoms with Crippen molar-refractivity contribution in [3.63, 3.8) is 0 Å². The molecule has 2 aromatic rings. The largest absolute Gasteiger partial charge is 0.478 e. The third kappa shape index (κ3) is 2.37. The number of hydrogen-bond donors (Lipinski definition) is 2. The molecule has 1 aliphatic carbocycles. The molecule has 4 rings (SSSR count). The number of carboxylic acids is 1. The minimum atomic E-state index is -0.875. The fourth-order valence-corrected chi connectivity index (χ4v) is 4.49. The van der Waals surface area contributed by atoms with Gasteiger partial charge in [0.25, 0.3) is 0 Å². The number of carbonyl (C=O) groups is 1. The number of carboxylic acid groups (broad SMARTS) is 1. The van der Waals surface area contributed by atoms with Crippen LogP contribution in [-0.2, 0) is 0 Å². The molecule has 2 N–H and O–H groups in total. The van der Waals surface area contributed by atoms with Gasteiger partial charge in [-0.1, -0.05) is 46.3 Å². The monoisotopic (exact) mass is 383 g/mol. The highest BCUT2D eigenvalue weighted by molar-refractivity contribution is 9.10. The average molecular weight is 384 g/mol. The number of aromatic carboxylic acids is 1. The zero-order chi connectivity index (χ0) is 16.8. The molecule has 2 aromatic carbocycles. The highest BCUT2D eigenvalue weighted by Gasteiger charge is 2.38. The Kier molecular flexibility index (Phi) is 3.72. The molecule has 2 aliphatic rings. The van der Waals surface area contributed by atoms with E-state index in [1.807, 2.05) is 19.1 Å². The Morgan fingerprint density at radius 3 is 2.88 bits per heavy atom. The molecule has 122 valence electrons. The fraction of sp³-hybridized carbons (Fsp3) is 0.250. The minimum absolute atomic E-state index is 0.178. The van der Waals surface area contributed by atoms with Gasteiger partial charge in [0.15, 0.2) is 0 Å². The van der Waals surface area contributed by atoms with E-state index in [4.69, 9.17) is 0 Å². The molecule has 0 aromatic heterocycles. The van der Waals surface area contributed by atoms with Crippen LogP contribution in [0.2, 0.25) is 0 Å². The van der Waals surface area contributed by atoms with Crippen molar-refractivity contribution in [2.45, 2.75) is 25.3 Å². The van der Waals surface area contributed by atoms with Crippen LogP contribution in [0.4, 0.5) is 5.69 Å². The lowest BCUT2D eigenvalue weighted by molar-refractivity contribution is 0.0696. The molecule has 0 saturated carbocycles. The summed E-state index contributed by atoms with van der Waals surface area (Å²) >= 11 is 3.56. The third-order valence-corrected chi connectivity index (χ3v) is 5.73. The first-order chi connectivity index (χ1) is 11.6. The molecule has 3 unspecified atom stereocenters. The second kappa shape index (κ2) is 5.78. The summed E-state index contributed by atoms with van der Waals surface area (Å²) in [5.41, 5.74) is 4.61. The number of fused-ring (bicyclic) bond motifs is 3. The van der Waals surface area contributed by atoms with Crippen molar-refractivity contribution in [2.24, 2.45) is 5.92 Å². The van der Waals surface area contributed by atoms with E-state index in [2.05, 4.69) is 51.6 Å². The lowest BCUT2D eigenvalue weighted by Crippen LogP contribution is -2.30. The highest BCUT2D eigenvalue weighted by Crippen LogP contribution is 2.51. The lowest BCUT2D eigenvalue weighted by Gasteiger charge is -2.38. The van der Waals surface area contributed by atoms with Gasteiger partial charge in [-0.15, -0.1) is 0 Å². The average Bonchev–Trinajstić information content (AvgIpc) is 3.04. The van der Waals surface area contributed by atoms with Crippen LogP contribution in [0.15, 0.2) is 53.0 Å². The topological polar surface area (TPSA) is 49.3 Å². The standard InChI is InChI=1S/C20H18BrNO2/c1-11-14(20(23)24)8-9-17-15-6-3-7-16(15)19(22-18(11)17)12-4-2-5-13(21)10-12/h2-6,8-10,15-16,19,22H,7H2,1H3,(H,23,24). The van der Waals surface area contributed by atoms with Gasteiger partial charge in [-0.05, 0) is 54.2 Å². The number of allylic oxidation sites excluding steroid dienone is 2. The molecular weight excluding hydrogens is 366 g/mol. The summed E-state index contributed by atoms with van der Waals surface area (Å²) in [6, 6.07) is 12.3. The summed E-state index contributed by atoms with van der Waals surface area (Å²) in [7, 11) is 0. The van der Waals surface area contributed by atoms with Gasteiger partial charge in [0.2, 0.25) is 0 Å². The Labute approximate surface area is 149 Å².